The standard InChI is InChI=1S/C10H20N2O2/c1-8(7-14-2)5-12-10(13)9-3-4-11-6-9/h8-9,11H,3-7H2,1-2H3,(H,12,13). The highest BCUT2D eigenvalue weighted by molar-refractivity contribution is 5.79. The summed E-state index contributed by atoms with van der Waals surface area (Å²) in [6.45, 7) is 5.26. The summed E-state index contributed by atoms with van der Waals surface area (Å²) in [5.74, 6) is 0.737. The maximum atomic E-state index is 11.6. The Kier molecular flexibility index (Phi) is 4.90. The van der Waals surface area contributed by atoms with Crippen molar-refractivity contribution in [1.29, 1.82) is 0 Å². The van der Waals surface area contributed by atoms with Crippen LogP contribution < -0.4 is 10.6 Å². The summed E-state index contributed by atoms with van der Waals surface area (Å²) in [7, 11) is 1.68. The predicted octanol–water partition coefficient (Wildman–Crippen LogP) is -0.00540. The van der Waals surface area contributed by atoms with Gasteiger partial charge in [0.05, 0.1) is 12.5 Å². The second kappa shape index (κ2) is 5.98. The van der Waals surface area contributed by atoms with Gasteiger partial charge < -0.3 is 15.4 Å². The molecule has 2 atom stereocenters. The molecule has 1 amide bonds. The van der Waals surface area contributed by atoms with Crippen LogP contribution in [-0.2, 0) is 9.53 Å². The Morgan fingerprint density at radius 3 is 3.07 bits per heavy atom. The third kappa shape index (κ3) is 3.64. The van der Waals surface area contributed by atoms with Crippen LogP contribution in [0.4, 0.5) is 0 Å². The molecule has 1 rings (SSSR count). The molecule has 2 N–H and O–H groups in total. The summed E-state index contributed by atoms with van der Waals surface area (Å²) in [4.78, 5) is 11.6. The van der Waals surface area contributed by atoms with E-state index in [-0.39, 0.29) is 11.8 Å². The van der Waals surface area contributed by atoms with Gasteiger partial charge in [-0.05, 0) is 18.9 Å². The molecule has 1 aliphatic rings. The van der Waals surface area contributed by atoms with Crippen LogP contribution >= 0.6 is 0 Å². The van der Waals surface area contributed by atoms with Gasteiger partial charge in [-0.1, -0.05) is 6.92 Å². The summed E-state index contributed by atoms with van der Waals surface area (Å²) in [5.41, 5.74) is 0. The zero-order chi connectivity index (χ0) is 10.4. The van der Waals surface area contributed by atoms with Crippen LogP contribution in [-0.4, -0.2) is 39.3 Å². The van der Waals surface area contributed by atoms with Gasteiger partial charge in [0.25, 0.3) is 0 Å². The first-order valence-corrected chi connectivity index (χ1v) is 5.21. The molecule has 1 heterocycles. The number of amides is 1. The highest BCUT2D eigenvalue weighted by Gasteiger charge is 2.22. The van der Waals surface area contributed by atoms with Gasteiger partial charge >= 0.3 is 0 Å². The van der Waals surface area contributed by atoms with E-state index in [0.717, 1.165) is 19.5 Å². The Hall–Kier alpha value is -0.610. The van der Waals surface area contributed by atoms with Gasteiger partial charge in [0.2, 0.25) is 5.91 Å². The van der Waals surface area contributed by atoms with E-state index in [1.807, 2.05) is 0 Å². The average Bonchev–Trinajstić information content (AvgIpc) is 2.67. The van der Waals surface area contributed by atoms with Crippen LogP contribution in [0.15, 0.2) is 0 Å². The number of carbonyl (C=O) groups excluding carboxylic acids is 1. The van der Waals surface area contributed by atoms with Crippen LogP contribution in [0, 0.1) is 11.8 Å². The summed E-state index contributed by atoms with van der Waals surface area (Å²) in [6.07, 6.45) is 0.963. The molecule has 0 spiro atoms. The van der Waals surface area contributed by atoms with Crippen molar-refractivity contribution in [2.45, 2.75) is 13.3 Å². The van der Waals surface area contributed by atoms with Gasteiger partial charge in [0, 0.05) is 20.2 Å². The van der Waals surface area contributed by atoms with E-state index in [0.29, 0.717) is 19.1 Å². The molecule has 0 bridgehead atoms. The first-order chi connectivity index (χ1) is 6.74. The third-order valence-corrected chi connectivity index (χ3v) is 2.51. The van der Waals surface area contributed by atoms with Gasteiger partial charge in [-0.3, -0.25) is 4.79 Å². The zero-order valence-corrected chi connectivity index (χ0v) is 9.01. The number of hydrogen-bond donors (Lipinski definition) is 2. The molecule has 0 aromatic heterocycles. The van der Waals surface area contributed by atoms with Crippen molar-refractivity contribution in [1.82, 2.24) is 10.6 Å². The lowest BCUT2D eigenvalue weighted by molar-refractivity contribution is -0.124. The Balaban J connectivity index is 2.13. The molecule has 14 heavy (non-hydrogen) atoms. The van der Waals surface area contributed by atoms with Crippen molar-refractivity contribution in [3.63, 3.8) is 0 Å². The molecule has 0 saturated carbocycles. The fraction of sp³-hybridized carbons (Fsp3) is 0.900. The quantitative estimate of drug-likeness (QED) is 0.656. The minimum atomic E-state index is 0.171. The van der Waals surface area contributed by atoms with E-state index in [1.165, 1.54) is 0 Å². The predicted molar refractivity (Wildman–Crippen MR) is 55.0 cm³/mol. The molecule has 0 radical (unpaired) electrons. The van der Waals surface area contributed by atoms with Gasteiger partial charge in [-0.2, -0.15) is 0 Å². The number of nitrogens with one attached hydrogen (secondary N) is 2. The number of carbonyl (C=O) groups is 1. The molecule has 4 heteroatoms. The largest absolute Gasteiger partial charge is 0.384 e. The molecule has 1 aliphatic heterocycles. The SMILES string of the molecule is COCC(C)CNC(=O)C1CCNC1. The van der Waals surface area contributed by atoms with Crippen LogP contribution in [0.1, 0.15) is 13.3 Å². The van der Waals surface area contributed by atoms with E-state index < -0.39 is 0 Å². The minimum Gasteiger partial charge on any atom is -0.384 e. The van der Waals surface area contributed by atoms with Gasteiger partial charge in [-0.25, -0.2) is 0 Å². The third-order valence-electron chi connectivity index (χ3n) is 2.51. The number of ether oxygens (including phenoxy) is 1. The summed E-state index contributed by atoms with van der Waals surface area (Å²) >= 11 is 0. The maximum absolute atomic E-state index is 11.6. The molecular weight excluding hydrogens is 180 g/mol. The molecule has 0 aromatic rings. The molecule has 1 fully saturated rings. The zero-order valence-electron chi connectivity index (χ0n) is 9.01. The van der Waals surface area contributed by atoms with Crippen molar-refractivity contribution < 1.29 is 9.53 Å². The normalized spacial score (nSPS) is 23.4. The van der Waals surface area contributed by atoms with Crippen molar-refractivity contribution in [2.24, 2.45) is 11.8 Å². The van der Waals surface area contributed by atoms with Crippen LogP contribution in [0.2, 0.25) is 0 Å². The Morgan fingerprint density at radius 1 is 1.71 bits per heavy atom. The molecular formula is C10H20N2O2. The van der Waals surface area contributed by atoms with Crippen LogP contribution in [0.3, 0.4) is 0 Å². The monoisotopic (exact) mass is 200 g/mol. The second-order valence-corrected chi connectivity index (χ2v) is 4.00. The van der Waals surface area contributed by atoms with E-state index in [4.69, 9.17) is 4.74 Å². The van der Waals surface area contributed by atoms with Crippen molar-refractivity contribution in [3.05, 3.63) is 0 Å². The lowest BCUT2D eigenvalue weighted by atomic mass is 10.1. The minimum absolute atomic E-state index is 0.171. The highest BCUT2D eigenvalue weighted by Crippen LogP contribution is 2.07. The van der Waals surface area contributed by atoms with E-state index in [1.54, 1.807) is 7.11 Å². The van der Waals surface area contributed by atoms with Crippen LogP contribution in [0.25, 0.3) is 0 Å². The molecule has 82 valence electrons. The van der Waals surface area contributed by atoms with Crippen molar-refractivity contribution >= 4 is 5.91 Å². The van der Waals surface area contributed by atoms with Gasteiger partial charge in [-0.15, -0.1) is 0 Å². The Morgan fingerprint density at radius 2 is 2.50 bits per heavy atom. The van der Waals surface area contributed by atoms with E-state index in [9.17, 15) is 4.79 Å². The smallest absolute Gasteiger partial charge is 0.224 e. The Bertz CT molecular complexity index is 179. The Labute approximate surface area is 85.4 Å². The molecule has 0 aliphatic carbocycles. The first-order valence-electron chi connectivity index (χ1n) is 5.21. The maximum Gasteiger partial charge on any atom is 0.224 e. The van der Waals surface area contributed by atoms with Crippen molar-refractivity contribution in [3.8, 4) is 0 Å². The van der Waals surface area contributed by atoms with Crippen LogP contribution in [0.5, 0.6) is 0 Å². The lowest BCUT2D eigenvalue weighted by Crippen LogP contribution is -2.35. The fourth-order valence-electron chi connectivity index (χ4n) is 1.64. The first kappa shape index (κ1) is 11.5. The van der Waals surface area contributed by atoms with Crippen molar-refractivity contribution in [2.75, 3.05) is 33.4 Å². The summed E-state index contributed by atoms with van der Waals surface area (Å²) in [5, 5.41) is 6.13. The van der Waals surface area contributed by atoms with Gasteiger partial charge in [0.15, 0.2) is 0 Å². The highest BCUT2D eigenvalue weighted by atomic mass is 16.5. The number of rotatable bonds is 5. The lowest BCUT2D eigenvalue weighted by Gasteiger charge is -2.13. The average molecular weight is 200 g/mol. The number of hydrogen-bond acceptors (Lipinski definition) is 3. The topological polar surface area (TPSA) is 50.4 Å². The molecule has 4 nitrogen and oxygen atoms in total. The van der Waals surface area contributed by atoms with Gasteiger partial charge in [0.1, 0.15) is 0 Å². The molecule has 0 aromatic carbocycles. The number of methoxy groups -OCH3 is 1. The summed E-state index contributed by atoms with van der Waals surface area (Å²) < 4.78 is 5.00. The molecule has 2 unspecified atom stereocenters. The fourth-order valence-corrected chi connectivity index (χ4v) is 1.64. The van der Waals surface area contributed by atoms with E-state index in [2.05, 4.69) is 17.6 Å². The van der Waals surface area contributed by atoms with E-state index >= 15 is 0 Å². The second-order valence-electron chi connectivity index (χ2n) is 4.00. The summed E-state index contributed by atoms with van der Waals surface area (Å²) in [6, 6.07) is 0. The molecule has 1 saturated heterocycles.